The van der Waals surface area contributed by atoms with Crippen LogP contribution in [0.3, 0.4) is 0 Å². The Labute approximate surface area is 125 Å². The second kappa shape index (κ2) is 5.24. The van der Waals surface area contributed by atoms with E-state index in [0.29, 0.717) is 4.96 Å². The van der Waals surface area contributed by atoms with Crippen molar-refractivity contribution in [2.24, 2.45) is 0 Å². The van der Waals surface area contributed by atoms with Gasteiger partial charge in [-0.3, -0.25) is 0 Å². The molecule has 0 fully saturated rings. The maximum Gasteiger partial charge on any atom is 0.372 e. The van der Waals surface area contributed by atoms with E-state index in [1.165, 1.54) is 15.7 Å². The van der Waals surface area contributed by atoms with Gasteiger partial charge >= 0.3 is 5.82 Å². The first kappa shape index (κ1) is 15.7. The van der Waals surface area contributed by atoms with Crippen LogP contribution in [0.25, 0.3) is 4.96 Å². The van der Waals surface area contributed by atoms with Crippen molar-refractivity contribution < 1.29 is 13.3 Å². The molecule has 9 nitrogen and oxygen atoms in total. The van der Waals surface area contributed by atoms with Gasteiger partial charge in [0.15, 0.2) is 0 Å². The van der Waals surface area contributed by atoms with Gasteiger partial charge in [0.05, 0.1) is 6.26 Å². The molecule has 0 saturated carbocycles. The molecule has 0 aromatic carbocycles. The zero-order valence-electron chi connectivity index (χ0n) is 11.7. The average molecular weight is 333 g/mol. The standard InChI is InChI=1S/C10H15N5O4S2/c1-10(2,13-21(3,18)19)6-11-7-8(15(16)17)14-4-5-20-9(14)12-7/h4-5,11,13H,6H2,1-3H3. The fourth-order valence-electron chi connectivity index (χ4n) is 1.91. The largest absolute Gasteiger partial charge is 0.372 e. The Hall–Kier alpha value is -1.72. The molecule has 0 unspecified atom stereocenters. The molecule has 2 N–H and O–H groups in total. The maximum atomic E-state index is 11.3. The monoisotopic (exact) mass is 333 g/mol. The van der Waals surface area contributed by atoms with E-state index in [1.807, 2.05) is 0 Å². The van der Waals surface area contributed by atoms with E-state index in [0.717, 1.165) is 6.26 Å². The van der Waals surface area contributed by atoms with E-state index in [2.05, 4.69) is 15.0 Å². The Morgan fingerprint density at radius 1 is 1.52 bits per heavy atom. The summed E-state index contributed by atoms with van der Waals surface area (Å²) in [5, 5.41) is 15.7. The number of hydrogen-bond donors (Lipinski definition) is 2. The number of imidazole rings is 1. The molecule has 2 aromatic heterocycles. The average Bonchev–Trinajstić information content (AvgIpc) is 2.80. The zero-order valence-corrected chi connectivity index (χ0v) is 13.3. The van der Waals surface area contributed by atoms with Crippen LogP contribution in [0.4, 0.5) is 11.6 Å². The SMILES string of the molecule is CC(C)(CNc1nc2sccn2c1[N+](=O)[O-])NS(C)(=O)=O. The molecule has 0 aliphatic carbocycles. The van der Waals surface area contributed by atoms with Crippen LogP contribution in [0.1, 0.15) is 13.8 Å². The molecule has 2 heterocycles. The van der Waals surface area contributed by atoms with Crippen LogP contribution >= 0.6 is 11.3 Å². The van der Waals surface area contributed by atoms with Gasteiger partial charge in [-0.1, -0.05) is 11.3 Å². The molecule has 0 aliphatic rings. The van der Waals surface area contributed by atoms with E-state index >= 15 is 0 Å². The summed E-state index contributed by atoms with van der Waals surface area (Å²) in [7, 11) is -3.37. The van der Waals surface area contributed by atoms with Crippen LogP contribution < -0.4 is 10.0 Å². The molecule has 0 saturated heterocycles. The minimum absolute atomic E-state index is 0.121. The lowest BCUT2D eigenvalue weighted by Gasteiger charge is -2.25. The first-order chi connectivity index (χ1) is 9.59. The molecule has 116 valence electrons. The summed E-state index contributed by atoms with van der Waals surface area (Å²) in [4.78, 5) is 15.3. The zero-order chi connectivity index (χ0) is 15.8. The third kappa shape index (κ3) is 3.68. The predicted octanol–water partition coefficient (Wildman–Crippen LogP) is 1.04. The van der Waals surface area contributed by atoms with Gasteiger partial charge in [-0.15, -0.1) is 0 Å². The molecule has 0 radical (unpaired) electrons. The van der Waals surface area contributed by atoms with Gasteiger partial charge < -0.3 is 15.4 Å². The van der Waals surface area contributed by atoms with Gasteiger partial charge in [0, 0.05) is 17.5 Å². The molecule has 21 heavy (non-hydrogen) atoms. The number of thiazole rings is 1. The molecule has 0 aliphatic heterocycles. The van der Waals surface area contributed by atoms with Crippen molar-refractivity contribution in [1.29, 1.82) is 0 Å². The van der Waals surface area contributed by atoms with E-state index < -0.39 is 20.5 Å². The summed E-state index contributed by atoms with van der Waals surface area (Å²) in [5.74, 6) is -0.0448. The second-order valence-electron chi connectivity index (χ2n) is 5.21. The molecule has 2 aromatic rings. The molecular weight excluding hydrogens is 318 g/mol. The van der Waals surface area contributed by atoms with Crippen molar-refractivity contribution in [3.63, 3.8) is 0 Å². The van der Waals surface area contributed by atoms with E-state index in [4.69, 9.17) is 0 Å². The maximum absolute atomic E-state index is 11.3. The quantitative estimate of drug-likeness (QED) is 0.602. The molecule has 11 heteroatoms. The molecule has 0 amide bonds. The summed E-state index contributed by atoms with van der Waals surface area (Å²) in [5.41, 5.74) is -0.807. The minimum atomic E-state index is -3.37. The van der Waals surface area contributed by atoms with Crippen molar-refractivity contribution in [1.82, 2.24) is 14.1 Å². The molecule has 0 atom stereocenters. The highest BCUT2D eigenvalue weighted by Gasteiger charge is 2.27. The normalized spacial score (nSPS) is 12.7. The van der Waals surface area contributed by atoms with E-state index in [9.17, 15) is 18.5 Å². The number of rotatable bonds is 6. The van der Waals surface area contributed by atoms with E-state index in [-0.39, 0.29) is 18.2 Å². The topological polar surface area (TPSA) is 119 Å². The van der Waals surface area contributed by atoms with Crippen LogP contribution in [0, 0.1) is 10.1 Å². The lowest BCUT2D eigenvalue weighted by Crippen LogP contribution is -2.47. The van der Waals surface area contributed by atoms with Crippen LogP contribution in [0.15, 0.2) is 11.6 Å². The molecule has 0 spiro atoms. The van der Waals surface area contributed by atoms with Crippen molar-refractivity contribution in [2.45, 2.75) is 19.4 Å². The van der Waals surface area contributed by atoms with Crippen molar-refractivity contribution in [3.8, 4) is 0 Å². The Kier molecular flexibility index (Phi) is 3.91. The number of nitrogens with zero attached hydrogens (tertiary/aromatic N) is 3. The molecule has 2 rings (SSSR count). The smallest absolute Gasteiger partial charge is 0.361 e. The van der Waals surface area contributed by atoms with Crippen molar-refractivity contribution >= 4 is 38.0 Å². The first-order valence-electron chi connectivity index (χ1n) is 5.92. The second-order valence-corrected chi connectivity index (χ2v) is 7.83. The Morgan fingerprint density at radius 3 is 2.76 bits per heavy atom. The van der Waals surface area contributed by atoms with E-state index in [1.54, 1.807) is 25.4 Å². The van der Waals surface area contributed by atoms with Crippen LogP contribution in [-0.4, -0.2) is 41.1 Å². The van der Waals surface area contributed by atoms with Gasteiger partial charge in [-0.2, -0.15) is 9.38 Å². The van der Waals surface area contributed by atoms with Gasteiger partial charge in [0.25, 0.3) is 4.96 Å². The van der Waals surface area contributed by atoms with Crippen molar-refractivity contribution in [2.75, 3.05) is 18.1 Å². The Morgan fingerprint density at radius 2 is 2.19 bits per heavy atom. The summed E-state index contributed by atoms with van der Waals surface area (Å²) < 4.78 is 26.4. The Balaban J connectivity index is 2.22. The lowest BCUT2D eigenvalue weighted by molar-refractivity contribution is -0.389. The summed E-state index contributed by atoms with van der Waals surface area (Å²) >= 11 is 1.28. The molecular formula is C10H15N5O4S2. The number of aromatic nitrogens is 2. The highest BCUT2D eigenvalue weighted by Crippen LogP contribution is 2.28. The van der Waals surface area contributed by atoms with Crippen LogP contribution in [-0.2, 0) is 10.0 Å². The fraction of sp³-hybridized carbons (Fsp3) is 0.500. The van der Waals surface area contributed by atoms with Crippen LogP contribution in [0.5, 0.6) is 0 Å². The fourth-order valence-corrected chi connectivity index (χ4v) is 3.69. The molecule has 0 bridgehead atoms. The number of fused-ring (bicyclic) bond motifs is 1. The van der Waals surface area contributed by atoms with Gasteiger partial charge in [-0.25, -0.2) is 13.1 Å². The number of nitro groups is 1. The predicted molar refractivity (Wildman–Crippen MR) is 80.3 cm³/mol. The van der Waals surface area contributed by atoms with Gasteiger partial charge in [0.2, 0.25) is 15.8 Å². The summed E-state index contributed by atoms with van der Waals surface area (Å²) in [6.07, 6.45) is 2.63. The van der Waals surface area contributed by atoms with Gasteiger partial charge in [0.1, 0.15) is 6.20 Å². The minimum Gasteiger partial charge on any atom is -0.361 e. The highest BCUT2D eigenvalue weighted by atomic mass is 32.2. The third-order valence-corrected chi connectivity index (χ3v) is 4.25. The highest BCUT2D eigenvalue weighted by molar-refractivity contribution is 7.88. The summed E-state index contributed by atoms with van der Waals surface area (Å²) in [6, 6.07) is 0. The number of anilines is 1. The lowest BCUT2D eigenvalue weighted by atomic mass is 10.1. The summed E-state index contributed by atoms with van der Waals surface area (Å²) in [6.45, 7) is 3.50. The van der Waals surface area contributed by atoms with Crippen molar-refractivity contribution in [3.05, 3.63) is 21.7 Å². The number of sulfonamides is 1. The number of hydrogen-bond acceptors (Lipinski definition) is 7. The first-order valence-corrected chi connectivity index (χ1v) is 8.69. The number of nitrogens with one attached hydrogen (secondary N) is 2. The Bertz CT molecular complexity index is 777. The van der Waals surface area contributed by atoms with Crippen LogP contribution in [0.2, 0.25) is 0 Å². The third-order valence-electron chi connectivity index (χ3n) is 2.57. The van der Waals surface area contributed by atoms with Gasteiger partial charge in [-0.05, 0) is 18.8 Å².